The van der Waals surface area contributed by atoms with Gasteiger partial charge < -0.3 is 205 Å². The van der Waals surface area contributed by atoms with Crippen molar-refractivity contribution < 1.29 is 131 Å². The topological polar surface area (TPSA) is 1090 Å². The molecular formula is C85H157N37O27. The number of aliphatic hydroxyl groups is 4. The minimum atomic E-state index is -1.93. The van der Waals surface area contributed by atoms with E-state index in [0.29, 0.717) is 12.8 Å². The molecule has 0 heterocycles. The molecular weight excluding hydrogens is 1970 g/mol. The van der Waals surface area contributed by atoms with E-state index in [2.05, 4.69) is 128 Å². The van der Waals surface area contributed by atoms with Crippen LogP contribution in [0.5, 0.6) is 0 Å². The summed E-state index contributed by atoms with van der Waals surface area (Å²) in [6, 6.07) is -25.3. The number of carbonyl (C=O) groups is 22. The van der Waals surface area contributed by atoms with Gasteiger partial charge in [-0.25, -0.2) is 4.79 Å². The lowest BCUT2D eigenvalue weighted by Gasteiger charge is -2.28. The molecule has 21 amide bonds. The number of hydrogen-bond acceptors (Lipinski definition) is 34. The Kier molecular flexibility index (Phi) is 68.2. The van der Waals surface area contributed by atoms with Crippen molar-refractivity contribution in [1.82, 2.24) is 128 Å². The molecule has 0 aromatic carbocycles. The summed E-state index contributed by atoms with van der Waals surface area (Å²) in [4.78, 5) is 296. The van der Waals surface area contributed by atoms with Crippen molar-refractivity contribution in [2.45, 2.75) is 279 Å². The van der Waals surface area contributed by atoms with Crippen LogP contribution in [0.15, 0.2) is 0 Å². The Morgan fingerprint density at radius 1 is 0.262 bits per heavy atom. The van der Waals surface area contributed by atoms with E-state index in [0.717, 1.165) is 6.92 Å². The molecule has 0 radical (unpaired) electrons. The third-order valence-electron chi connectivity index (χ3n) is 21.7. The monoisotopic (exact) mass is 2130 g/mol. The summed E-state index contributed by atoms with van der Waals surface area (Å²) in [6.07, 6.45) is -2.01. The molecule has 0 aromatic rings. The minimum absolute atomic E-state index is 0.0222. The second-order valence-electron chi connectivity index (χ2n) is 34.5. The zero-order valence-electron chi connectivity index (χ0n) is 84.4. The fraction of sp³-hybridized carbons (Fsp3) is 0.694. The number of carboxylic acids is 1. The summed E-state index contributed by atoms with van der Waals surface area (Å²) in [6.45, 7) is 0.298. The first-order valence-electron chi connectivity index (χ1n) is 48.4. The van der Waals surface area contributed by atoms with Crippen LogP contribution >= 0.6 is 0 Å². The predicted octanol–water partition coefficient (Wildman–Crippen LogP) is -18.4. The second kappa shape index (κ2) is 75.8. The number of carboxylic acid groups (broad SMARTS) is 1. The van der Waals surface area contributed by atoms with Crippen LogP contribution in [0.3, 0.4) is 0 Å². The number of carbonyl (C=O) groups excluding carboxylic acids is 21. The van der Waals surface area contributed by atoms with Gasteiger partial charge in [-0.05, 0) is 182 Å². The van der Waals surface area contributed by atoms with Gasteiger partial charge >= 0.3 is 5.97 Å². The Bertz CT molecular complexity index is 4430. The summed E-state index contributed by atoms with van der Waals surface area (Å²) >= 11 is 0. The Balaban J connectivity index is 6.69. The summed E-state index contributed by atoms with van der Waals surface area (Å²) in [5.41, 5.74) is 49.6. The lowest BCUT2D eigenvalue weighted by molar-refractivity contribution is -0.143. The summed E-state index contributed by atoms with van der Waals surface area (Å²) in [5, 5.41) is 137. The number of guanidine groups is 4. The van der Waals surface area contributed by atoms with Crippen molar-refractivity contribution in [1.29, 1.82) is 21.6 Å². The number of aliphatic carboxylic acids is 1. The van der Waals surface area contributed by atoms with Crippen LogP contribution in [0, 0.1) is 21.6 Å². The number of aliphatic hydroxyl groups excluding tert-OH is 4. The molecule has 844 valence electrons. The lowest BCUT2D eigenvalue weighted by Crippen LogP contribution is -2.62. The molecule has 0 spiro atoms. The largest absolute Gasteiger partial charge is 0.480 e. The highest BCUT2D eigenvalue weighted by atomic mass is 16.4. The van der Waals surface area contributed by atoms with Gasteiger partial charge in [0.2, 0.25) is 124 Å². The molecule has 0 saturated carbocycles. The van der Waals surface area contributed by atoms with Crippen LogP contribution in [-0.2, 0) is 105 Å². The highest BCUT2D eigenvalue weighted by Gasteiger charge is 2.39. The van der Waals surface area contributed by atoms with Crippen molar-refractivity contribution in [2.24, 2.45) is 51.6 Å². The van der Waals surface area contributed by atoms with Gasteiger partial charge in [0, 0.05) is 46.1 Å². The third-order valence-corrected chi connectivity index (χ3v) is 21.7. The maximum absolute atomic E-state index is 14.3. The SMILES string of the molecule is CC(=O)NCCCC[C@H](NC(=O)CNC(=O)[C@H](CCCNC(=N)N)NC(=O)CNC(=O)[C@@H](N)CO)C(=O)N[C@@H](CCC(N)=O)C(=O)NCC(=O)NCC(=O)N[C@@H](CCCCN)C(=O)N[C@@H](C)C(=O)N[C@@H](CCCNC(=N)N)C(=O)N[C@@H](C)C(=O)N[C@@H](CCCCN)C(=O)N[C@@H](C)C(=O)N[C@@H](CCCCN)C(=O)N[C@H](C(=O)N[C@@H](CCCNC(=N)N)C(=O)N[C@@H](CO)C(=O)N[C@@H](CO)C(=O)N[C@@H](CCCNC(=N)N)C(=O)O)[C@@H](C)O. The van der Waals surface area contributed by atoms with Crippen LogP contribution < -0.4 is 179 Å². The Morgan fingerprint density at radius 2 is 0.517 bits per heavy atom. The van der Waals surface area contributed by atoms with Crippen LogP contribution in [0.25, 0.3) is 0 Å². The van der Waals surface area contributed by atoms with Crippen LogP contribution in [0.2, 0.25) is 0 Å². The molecule has 0 aliphatic heterocycles. The van der Waals surface area contributed by atoms with E-state index in [4.69, 9.17) is 78.3 Å². The maximum Gasteiger partial charge on any atom is 0.326 e. The molecule has 0 aliphatic rings. The van der Waals surface area contributed by atoms with Crippen molar-refractivity contribution in [2.75, 3.05) is 98.4 Å². The van der Waals surface area contributed by atoms with E-state index in [1.165, 1.54) is 27.7 Å². The van der Waals surface area contributed by atoms with Gasteiger partial charge in [-0.2, -0.15) is 0 Å². The molecule has 51 N–H and O–H groups in total. The molecule has 64 nitrogen and oxygen atoms in total. The van der Waals surface area contributed by atoms with Crippen molar-refractivity contribution in [3.05, 3.63) is 0 Å². The standard InChI is InChI=1S/C85H157N37O27/c1-43(108-72(139)50(18-6-10-28-86)112-62(130)37-104-61(129)36-106-71(138)56(26-27-60(90)128)117-75(142)51(21-9-13-31-99-47(5)127)113-64(132)39-107-70(137)49(22-14-32-100-82(91)92)111-63(131)38-105-69(136)48(89)40-123)68(135)116-54(23-15-33-101-83(93)94)74(141)110-44(2)66(133)114-52(19-7-11-29-87)73(140)109-45(3)67(134)115-53(20-8-12-30-88)77(144)122-65(46(4)126)80(147)118-55(24-16-34-102-84(95)96)76(143)120-59(42-125)79(146)121-58(41-124)78(145)119-57(81(148)149)25-17-35-103-85(97)98/h43-46,48-59,65,123-126H,6-42,86-89H2,1-5H3,(H2,90,128)(H,99,127)(H,104,129)(H,105,136)(H,106,138)(H,107,137)(H,108,139)(H,109,140)(H,110,141)(H,111,131)(H,112,130)(H,113,132)(H,114,133)(H,115,134)(H,116,135)(H,117,142)(H,118,147)(H,119,145)(H,120,143)(H,121,146)(H,122,144)(H,148,149)(H4,91,92,100)(H4,93,94,101)(H4,95,96,102)(H4,97,98,103)/t43-,44-,45-,46+,48-,49-,50-,51-,52-,53-,54-,55-,56-,57-,58-,59-,65-/m0/s1. The van der Waals surface area contributed by atoms with Crippen molar-refractivity contribution in [3.8, 4) is 0 Å². The Labute approximate surface area is 859 Å². The number of hydrogen-bond donors (Lipinski definition) is 42. The number of unbranched alkanes of at least 4 members (excludes halogenated alkanes) is 4. The molecule has 0 unspecified atom stereocenters. The first-order chi connectivity index (χ1) is 70.3. The lowest BCUT2D eigenvalue weighted by atomic mass is 10.0. The molecule has 64 heteroatoms. The fourth-order valence-electron chi connectivity index (χ4n) is 13.4. The van der Waals surface area contributed by atoms with Gasteiger partial charge in [-0.1, -0.05) is 0 Å². The zero-order valence-corrected chi connectivity index (χ0v) is 84.4. The van der Waals surface area contributed by atoms with Crippen LogP contribution in [-0.4, -0.2) is 381 Å². The summed E-state index contributed by atoms with van der Waals surface area (Å²) < 4.78 is 0. The number of nitrogens with one attached hydrogen (secondary N) is 28. The van der Waals surface area contributed by atoms with Gasteiger partial charge in [-0.15, -0.1) is 0 Å². The van der Waals surface area contributed by atoms with E-state index in [1.807, 2.05) is 0 Å². The molecule has 17 atom stereocenters. The number of amides is 21. The highest BCUT2D eigenvalue weighted by molar-refractivity contribution is 6.02. The maximum atomic E-state index is 14.3. The number of primary amides is 1. The van der Waals surface area contributed by atoms with Gasteiger partial charge in [0.1, 0.15) is 96.7 Å². The summed E-state index contributed by atoms with van der Waals surface area (Å²) in [5.74, 6) is -24.2. The first-order valence-corrected chi connectivity index (χ1v) is 48.4. The molecule has 0 aliphatic carbocycles. The first kappa shape index (κ1) is 134. The van der Waals surface area contributed by atoms with E-state index in [-0.39, 0.29) is 174 Å². The quantitative estimate of drug-likeness (QED) is 0.0153. The molecule has 149 heavy (non-hydrogen) atoms. The molecule has 0 rings (SSSR count). The third kappa shape index (κ3) is 60.1. The van der Waals surface area contributed by atoms with Crippen molar-refractivity contribution in [3.63, 3.8) is 0 Å². The molecule has 0 saturated heterocycles. The predicted molar refractivity (Wildman–Crippen MR) is 533 cm³/mol. The van der Waals surface area contributed by atoms with E-state index in [9.17, 15) is 126 Å². The van der Waals surface area contributed by atoms with Crippen LogP contribution in [0.1, 0.15) is 176 Å². The minimum Gasteiger partial charge on any atom is -0.480 e. The second-order valence-corrected chi connectivity index (χ2v) is 34.5. The van der Waals surface area contributed by atoms with Gasteiger partial charge in [-0.3, -0.25) is 122 Å². The molecule has 0 bridgehead atoms. The average Bonchev–Trinajstić information content (AvgIpc) is 0.850. The van der Waals surface area contributed by atoms with Gasteiger partial charge in [0.25, 0.3) is 0 Å². The smallest absolute Gasteiger partial charge is 0.326 e. The van der Waals surface area contributed by atoms with Gasteiger partial charge in [0.15, 0.2) is 23.8 Å². The Hall–Kier alpha value is -14.9. The van der Waals surface area contributed by atoms with Gasteiger partial charge in [0.05, 0.1) is 52.1 Å². The Morgan fingerprint density at radius 3 is 0.832 bits per heavy atom. The zero-order chi connectivity index (χ0) is 113. The number of rotatable bonds is 79. The van der Waals surface area contributed by atoms with Crippen LogP contribution in [0.4, 0.5) is 0 Å². The highest BCUT2D eigenvalue weighted by Crippen LogP contribution is 2.13. The summed E-state index contributed by atoms with van der Waals surface area (Å²) in [7, 11) is 0. The van der Waals surface area contributed by atoms with E-state index < -0.39 is 310 Å². The molecule has 0 fully saturated rings. The molecule has 0 aromatic heterocycles. The fourth-order valence-corrected chi connectivity index (χ4v) is 13.4. The van der Waals surface area contributed by atoms with E-state index in [1.54, 1.807) is 0 Å². The normalized spacial score (nSPS) is 14.3. The number of nitrogens with two attached hydrogens (primary N) is 9. The average molecular weight is 2130 g/mol. The van der Waals surface area contributed by atoms with Crippen molar-refractivity contribution >= 4 is 154 Å². The van der Waals surface area contributed by atoms with E-state index >= 15 is 0 Å².